The van der Waals surface area contributed by atoms with Crippen LogP contribution in [-0.2, 0) is 9.59 Å². The molecule has 0 aliphatic carbocycles. The molecule has 1 aliphatic rings. The predicted octanol–water partition coefficient (Wildman–Crippen LogP) is 5.55. The Labute approximate surface area is 222 Å². The molecule has 1 amide bonds. The molecule has 0 spiro atoms. The van der Waals surface area contributed by atoms with Gasteiger partial charge in [0, 0.05) is 5.56 Å². The highest BCUT2D eigenvalue weighted by Crippen LogP contribution is 2.47. The number of anilines is 1. The molecular formula is C26H18BrFN2O6S. The van der Waals surface area contributed by atoms with Crippen LogP contribution in [0.2, 0.25) is 0 Å². The molecule has 2 N–H and O–H groups in total. The van der Waals surface area contributed by atoms with E-state index >= 15 is 0 Å². The molecule has 2 heterocycles. The SMILES string of the molecule is COc1ccc(/C(O)=C2\C(=O)C(=O)N(c3nc4ccc(F)cc4s3)C2c2cc(Br)c(O)c(OC)c2)cc1. The number of fused-ring (bicyclic) bond motifs is 1. The zero-order chi connectivity index (χ0) is 26.4. The van der Waals surface area contributed by atoms with Crippen molar-refractivity contribution in [3.8, 4) is 17.2 Å². The summed E-state index contributed by atoms with van der Waals surface area (Å²) in [6, 6.07) is 12.2. The Bertz CT molecular complexity index is 1600. The molecule has 11 heteroatoms. The highest BCUT2D eigenvalue weighted by molar-refractivity contribution is 9.10. The average molecular weight is 585 g/mol. The van der Waals surface area contributed by atoms with Crippen molar-refractivity contribution in [2.45, 2.75) is 6.04 Å². The van der Waals surface area contributed by atoms with Gasteiger partial charge in [-0.2, -0.15) is 0 Å². The molecule has 1 saturated heterocycles. The minimum Gasteiger partial charge on any atom is -0.507 e. The topological polar surface area (TPSA) is 109 Å². The van der Waals surface area contributed by atoms with Gasteiger partial charge in [-0.1, -0.05) is 11.3 Å². The summed E-state index contributed by atoms with van der Waals surface area (Å²) in [7, 11) is 2.86. The van der Waals surface area contributed by atoms with E-state index < -0.39 is 29.3 Å². The van der Waals surface area contributed by atoms with Gasteiger partial charge in [0.25, 0.3) is 5.78 Å². The average Bonchev–Trinajstić information content (AvgIpc) is 3.42. The summed E-state index contributed by atoms with van der Waals surface area (Å²) in [5.74, 6) is -2.24. The van der Waals surface area contributed by atoms with Crippen molar-refractivity contribution < 1.29 is 33.7 Å². The molecule has 1 aliphatic heterocycles. The number of phenolic OH excluding ortho intramolecular Hbond substituents is 1. The van der Waals surface area contributed by atoms with E-state index in [4.69, 9.17) is 9.47 Å². The number of halogens is 2. The normalized spacial score (nSPS) is 17.0. The standard InChI is InChI=1S/C26H18BrFN2O6S/c1-35-15-6-3-12(4-7-15)22(31)20-21(13-9-16(27)23(32)18(10-13)36-2)30(25(34)24(20)33)26-29-17-8-5-14(28)11-19(17)37-26/h3-11,21,31-32H,1-2H3/b22-20+. The predicted molar refractivity (Wildman–Crippen MR) is 140 cm³/mol. The van der Waals surface area contributed by atoms with Crippen LogP contribution in [0.25, 0.3) is 16.0 Å². The Morgan fingerprint density at radius 3 is 2.49 bits per heavy atom. The van der Waals surface area contributed by atoms with Crippen molar-refractivity contribution in [2.75, 3.05) is 19.1 Å². The number of carbonyl (C=O) groups excluding carboxylic acids is 2. The Kier molecular flexibility index (Phi) is 6.34. The van der Waals surface area contributed by atoms with E-state index in [1.165, 1.54) is 44.6 Å². The summed E-state index contributed by atoms with van der Waals surface area (Å²) >= 11 is 4.31. The van der Waals surface area contributed by atoms with E-state index in [1.807, 2.05) is 0 Å². The van der Waals surface area contributed by atoms with E-state index in [-0.39, 0.29) is 26.7 Å². The van der Waals surface area contributed by atoms with Crippen molar-refractivity contribution in [1.82, 2.24) is 4.98 Å². The van der Waals surface area contributed by atoms with E-state index in [1.54, 1.807) is 24.3 Å². The van der Waals surface area contributed by atoms with E-state index in [0.29, 0.717) is 27.1 Å². The monoisotopic (exact) mass is 584 g/mol. The first-order valence-electron chi connectivity index (χ1n) is 10.8. The second kappa shape index (κ2) is 9.49. The van der Waals surface area contributed by atoms with Crippen molar-refractivity contribution in [2.24, 2.45) is 0 Å². The highest BCUT2D eigenvalue weighted by Gasteiger charge is 2.48. The smallest absolute Gasteiger partial charge is 0.301 e. The molecule has 1 fully saturated rings. The number of aromatic hydroxyl groups is 1. The van der Waals surface area contributed by atoms with Crippen molar-refractivity contribution >= 4 is 60.1 Å². The lowest BCUT2D eigenvalue weighted by molar-refractivity contribution is -0.132. The van der Waals surface area contributed by atoms with Gasteiger partial charge < -0.3 is 19.7 Å². The number of hydrogen-bond donors (Lipinski definition) is 2. The van der Waals surface area contributed by atoms with Crippen molar-refractivity contribution in [3.63, 3.8) is 0 Å². The van der Waals surface area contributed by atoms with Crippen LogP contribution in [0.3, 0.4) is 0 Å². The van der Waals surface area contributed by atoms with E-state index in [9.17, 15) is 24.2 Å². The summed E-state index contributed by atoms with van der Waals surface area (Å²) in [5, 5.41) is 21.8. The summed E-state index contributed by atoms with van der Waals surface area (Å²) in [4.78, 5) is 32.4. The fourth-order valence-corrected chi connectivity index (χ4v) is 5.62. The number of ether oxygens (including phenoxy) is 2. The van der Waals surface area contributed by atoms with Crippen LogP contribution in [0.4, 0.5) is 9.52 Å². The van der Waals surface area contributed by atoms with Gasteiger partial charge in [0.15, 0.2) is 16.6 Å². The molecule has 5 rings (SSSR count). The number of ketones is 1. The van der Waals surface area contributed by atoms with Crippen LogP contribution in [0.15, 0.2) is 64.6 Å². The lowest BCUT2D eigenvalue weighted by atomic mass is 9.95. The lowest BCUT2D eigenvalue weighted by Gasteiger charge is -2.24. The van der Waals surface area contributed by atoms with Gasteiger partial charge >= 0.3 is 5.91 Å². The molecule has 0 radical (unpaired) electrons. The van der Waals surface area contributed by atoms with E-state index in [0.717, 1.165) is 16.2 Å². The van der Waals surface area contributed by atoms with Gasteiger partial charge in [0.2, 0.25) is 0 Å². The molecule has 188 valence electrons. The van der Waals surface area contributed by atoms with Crippen molar-refractivity contribution in [1.29, 1.82) is 0 Å². The first kappa shape index (κ1) is 24.7. The largest absolute Gasteiger partial charge is 0.507 e. The third-order valence-electron chi connectivity index (χ3n) is 5.94. The van der Waals surface area contributed by atoms with Gasteiger partial charge in [-0.15, -0.1) is 0 Å². The highest BCUT2D eigenvalue weighted by atomic mass is 79.9. The Hall–Kier alpha value is -3.96. The third kappa shape index (κ3) is 4.19. The number of rotatable bonds is 5. The number of benzene rings is 3. The van der Waals surface area contributed by atoms with Crippen molar-refractivity contribution in [3.05, 3.63) is 81.6 Å². The molecule has 0 bridgehead atoms. The summed E-state index contributed by atoms with van der Waals surface area (Å²) in [5.41, 5.74) is 0.920. The maximum absolute atomic E-state index is 13.8. The van der Waals surface area contributed by atoms with Gasteiger partial charge in [0.05, 0.1) is 40.5 Å². The second-order valence-electron chi connectivity index (χ2n) is 8.06. The molecule has 1 aromatic heterocycles. The molecular weight excluding hydrogens is 567 g/mol. The fourth-order valence-electron chi connectivity index (χ4n) is 4.15. The minimum atomic E-state index is -1.13. The molecule has 8 nitrogen and oxygen atoms in total. The zero-order valence-corrected chi connectivity index (χ0v) is 21.8. The third-order valence-corrected chi connectivity index (χ3v) is 7.56. The Morgan fingerprint density at radius 2 is 1.81 bits per heavy atom. The van der Waals surface area contributed by atoms with Gasteiger partial charge in [0.1, 0.15) is 17.3 Å². The van der Waals surface area contributed by atoms with Crippen LogP contribution in [-0.4, -0.2) is 41.1 Å². The maximum atomic E-state index is 13.8. The Morgan fingerprint density at radius 1 is 1.08 bits per heavy atom. The van der Waals surface area contributed by atoms with Crippen LogP contribution in [0, 0.1) is 5.82 Å². The number of carbonyl (C=O) groups is 2. The molecule has 37 heavy (non-hydrogen) atoms. The number of aliphatic hydroxyl groups excluding tert-OH is 1. The summed E-state index contributed by atoms with van der Waals surface area (Å²) in [6.07, 6.45) is 0. The number of thiazole rings is 1. The summed E-state index contributed by atoms with van der Waals surface area (Å²) < 4.78 is 25.0. The van der Waals surface area contributed by atoms with Gasteiger partial charge in [-0.3, -0.25) is 14.5 Å². The van der Waals surface area contributed by atoms with Gasteiger partial charge in [-0.25, -0.2) is 9.37 Å². The molecule has 1 unspecified atom stereocenters. The molecule has 1 atom stereocenters. The summed E-state index contributed by atoms with van der Waals surface area (Å²) in [6.45, 7) is 0. The number of aliphatic hydroxyl groups is 1. The number of nitrogens with zero attached hydrogens (tertiary/aromatic N) is 2. The van der Waals surface area contributed by atoms with Crippen LogP contribution in [0.1, 0.15) is 17.2 Å². The van der Waals surface area contributed by atoms with E-state index in [2.05, 4.69) is 20.9 Å². The number of amides is 1. The molecule has 3 aromatic carbocycles. The van der Waals surface area contributed by atoms with Crippen LogP contribution < -0.4 is 14.4 Å². The molecule has 0 saturated carbocycles. The first-order valence-corrected chi connectivity index (χ1v) is 12.4. The minimum absolute atomic E-state index is 0.0887. The lowest BCUT2D eigenvalue weighted by Crippen LogP contribution is -2.29. The number of Topliss-reactive ketones (excluding diaryl/α,β-unsaturated/α-hetero) is 1. The maximum Gasteiger partial charge on any atom is 0.301 e. The quantitative estimate of drug-likeness (QED) is 0.180. The van der Waals surface area contributed by atoms with Crippen LogP contribution >= 0.6 is 27.3 Å². The zero-order valence-electron chi connectivity index (χ0n) is 19.4. The second-order valence-corrected chi connectivity index (χ2v) is 9.92. The number of hydrogen-bond acceptors (Lipinski definition) is 8. The number of methoxy groups -OCH3 is 2. The fraction of sp³-hybridized carbons (Fsp3) is 0.115. The van der Waals surface area contributed by atoms with Crippen LogP contribution in [0.5, 0.6) is 17.2 Å². The number of phenols is 1. The first-order chi connectivity index (χ1) is 17.7. The van der Waals surface area contributed by atoms with Gasteiger partial charge in [-0.05, 0) is 76.1 Å². The molecule has 4 aromatic rings. The Balaban J connectivity index is 1.76. The number of aromatic nitrogens is 1.